The number of carbonyl (C=O) groups is 2. The molecule has 0 amide bonds. The maximum absolute atomic E-state index is 11.1. The molecule has 0 unspecified atom stereocenters. The van der Waals surface area contributed by atoms with Gasteiger partial charge in [0, 0.05) is 12.0 Å². The molecule has 0 fully saturated rings. The summed E-state index contributed by atoms with van der Waals surface area (Å²) in [7, 11) is 3.97. The third kappa shape index (κ3) is 9.80. The minimum Gasteiger partial charge on any atom is -0.870 e. The first-order chi connectivity index (χ1) is 7.74. The topological polar surface area (TPSA) is 93.6 Å². The van der Waals surface area contributed by atoms with Crippen LogP contribution < -0.4 is 0 Å². The van der Waals surface area contributed by atoms with Crippen LogP contribution >= 0.6 is 0 Å². The SMILES string of the molecule is C=C(C)C(=O)OCC[N+](C)(C)CCCC(=O)O.[OH-]. The molecule has 0 atom stereocenters. The number of carbonyl (C=O) groups excluding carboxylic acids is 1. The number of esters is 1. The fourth-order valence-electron chi connectivity index (χ4n) is 1.28. The number of likely N-dealkylation sites (N-methyl/N-ethyl adjacent to an activating group) is 1. The second kappa shape index (κ2) is 8.66. The molecule has 0 rings (SSSR count). The standard InChI is InChI=1S/C12H21NO4.H2O/c1-10(2)12(16)17-9-8-13(3,4)7-5-6-11(14)15;/h1,5-9H2,2-4H3;1H2. The van der Waals surface area contributed by atoms with Crippen LogP contribution in [0, 0.1) is 0 Å². The number of rotatable bonds is 8. The van der Waals surface area contributed by atoms with E-state index < -0.39 is 5.97 Å². The van der Waals surface area contributed by atoms with Crippen LogP contribution in [0.15, 0.2) is 12.2 Å². The summed E-state index contributed by atoms with van der Waals surface area (Å²) in [5.74, 6) is -1.16. The van der Waals surface area contributed by atoms with E-state index in [2.05, 4.69) is 6.58 Å². The van der Waals surface area contributed by atoms with Gasteiger partial charge in [0.05, 0.1) is 27.1 Å². The Balaban J connectivity index is 0. The van der Waals surface area contributed by atoms with Crippen molar-refractivity contribution in [3.05, 3.63) is 12.2 Å². The van der Waals surface area contributed by atoms with Gasteiger partial charge in [-0.3, -0.25) is 4.79 Å². The molecular formula is C12H23NO5. The van der Waals surface area contributed by atoms with Crippen molar-refractivity contribution in [2.75, 3.05) is 33.8 Å². The predicted octanol–water partition coefficient (Wildman–Crippen LogP) is 0.870. The van der Waals surface area contributed by atoms with Gasteiger partial charge >= 0.3 is 11.9 Å². The van der Waals surface area contributed by atoms with Crippen LogP contribution in [0.25, 0.3) is 0 Å². The Labute approximate surface area is 108 Å². The van der Waals surface area contributed by atoms with E-state index in [1.165, 1.54) is 0 Å². The minimum atomic E-state index is -0.779. The van der Waals surface area contributed by atoms with Crippen molar-refractivity contribution in [2.45, 2.75) is 19.8 Å². The average molecular weight is 261 g/mol. The first kappa shape index (κ1) is 19.0. The molecule has 6 nitrogen and oxygen atoms in total. The van der Waals surface area contributed by atoms with E-state index in [1.54, 1.807) is 6.92 Å². The number of hydrogen-bond acceptors (Lipinski definition) is 4. The van der Waals surface area contributed by atoms with E-state index in [1.807, 2.05) is 14.1 Å². The van der Waals surface area contributed by atoms with Crippen molar-refractivity contribution in [3.63, 3.8) is 0 Å². The Hall–Kier alpha value is -1.40. The van der Waals surface area contributed by atoms with Gasteiger partial charge in [0.2, 0.25) is 0 Å². The first-order valence-electron chi connectivity index (χ1n) is 5.61. The molecule has 0 aliphatic carbocycles. The fourth-order valence-corrected chi connectivity index (χ4v) is 1.28. The highest BCUT2D eigenvalue weighted by Crippen LogP contribution is 2.02. The number of hydrogen-bond donors (Lipinski definition) is 1. The molecule has 0 aromatic heterocycles. The molecule has 0 aliphatic rings. The zero-order chi connectivity index (χ0) is 13.5. The van der Waals surface area contributed by atoms with Gasteiger partial charge in [0.15, 0.2) is 0 Å². The number of aliphatic carboxylic acids is 1. The molecule has 6 heteroatoms. The second-order valence-electron chi connectivity index (χ2n) is 4.80. The summed E-state index contributed by atoms with van der Waals surface area (Å²) in [5.41, 5.74) is 0.390. The van der Waals surface area contributed by atoms with Gasteiger partial charge in [0.25, 0.3) is 0 Å². The van der Waals surface area contributed by atoms with Crippen molar-refractivity contribution in [1.29, 1.82) is 0 Å². The molecule has 2 N–H and O–H groups in total. The van der Waals surface area contributed by atoms with Crippen LogP contribution in [0.5, 0.6) is 0 Å². The van der Waals surface area contributed by atoms with Gasteiger partial charge in [-0.25, -0.2) is 4.79 Å². The van der Waals surface area contributed by atoms with E-state index >= 15 is 0 Å². The summed E-state index contributed by atoms with van der Waals surface area (Å²) in [6, 6.07) is 0. The first-order valence-corrected chi connectivity index (χ1v) is 5.61. The molecule has 0 heterocycles. The highest BCUT2D eigenvalue weighted by molar-refractivity contribution is 5.86. The van der Waals surface area contributed by atoms with Gasteiger partial charge in [-0.1, -0.05) is 6.58 Å². The van der Waals surface area contributed by atoms with Crippen LogP contribution in [0.3, 0.4) is 0 Å². The zero-order valence-electron chi connectivity index (χ0n) is 11.3. The summed E-state index contributed by atoms with van der Waals surface area (Å²) >= 11 is 0. The van der Waals surface area contributed by atoms with Crippen LogP contribution in [-0.2, 0) is 14.3 Å². The van der Waals surface area contributed by atoms with Gasteiger partial charge in [-0.15, -0.1) is 0 Å². The summed E-state index contributed by atoms with van der Waals surface area (Å²) in [5, 5.41) is 8.53. The van der Waals surface area contributed by atoms with Crippen LogP contribution in [0.1, 0.15) is 19.8 Å². The quantitative estimate of drug-likeness (QED) is 0.397. The number of carboxylic acid groups (broad SMARTS) is 1. The highest BCUT2D eigenvalue weighted by Gasteiger charge is 2.16. The van der Waals surface area contributed by atoms with E-state index in [0.717, 1.165) is 6.54 Å². The summed E-state index contributed by atoms with van der Waals surface area (Å²) < 4.78 is 5.63. The van der Waals surface area contributed by atoms with Crippen molar-refractivity contribution in [2.24, 2.45) is 0 Å². The molecule has 0 aliphatic heterocycles. The van der Waals surface area contributed by atoms with Gasteiger partial charge in [-0.2, -0.15) is 0 Å². The van der Waals surface area contributed by atoms with E-state index in [-0.39, 0.29) is 17.9 Å². The Morgan fingerprint density at radius 1 is 1.28 bits per heavy atom. The van der Waals surface area contributed by atoms with E-state index in [4.69, 9.17) is 9.84 Å². The van der Waals surface area contributed by atoms with Crippen LogP contribution in [0.2, 0.25) is 0 Å². The summed E-state index contributed by atoms with van der Waals surface area (Å²) in [6.07, 6.45) is 0.796. The molecule has 0 bridgehead atoms. The zero-order valence-corrected chi connectivity index (χ0v) is 11.3. The number of quaternary nitrogens is 1. The van der Waals surface area contributed by atoms with E-state index in [0.29, 0.717) is 29.6 Å². The normalized spacial score (nSPS) is 10.4. The Bertz CT molecular complexity index is 299. The third-order valence-electron chi connectivity index (χ3n) is 2.43. The Kier molecular flexibility index (Phi) is 9.11. The van der Waals surface area contributed by atoms with Crippen molar-refractivity contribution < 1.29 is 29.4 Å². The monoisotopic (exact) mass is 261 g/mol. The third-order valence-corrected chi connectivity index (χ3v) is 2.43. The molecule has 0 aromatic carbocycles. The number of ether oxygens (including phenoxy) is 1. The molecule has 0 saturated carbocycles. The van der Waals surface area contributed by atoms with Gasteiger partial charge < -0.3 is 19.8 Å². The van der Waals surface area contributed by atoms with Crippen LogP contribution in [-0.4, -0.2) is 60.8 Å². The lowest BCUT2D eigenvalue weighted by molar-refractivity contribution is -0.890. The molecule has 18 heavy (non-hydrogen) atoms. The molecule has 0 saturated heterocycles. The predicted molar refractivity (Wildman–Crippen MR) is 66.4 cm³/mol. The summed E-state index contributed by atoms with van der Waals surface area (Å²) in [4.78, 5) is 21.5. The maximum Gasteiger partial charge on any atom is 0.333 e. The molecule has 106 valence electrons. The smallest absolute Gasteiger partial charge is 0.333 e. The maximum atomic E-state index is 11.1. The van der Waals surface area contributed by atoms with Gasteiger partial charge in [0.1, 0.15) is 13.2 Å². The Morgan fingerprint density at radius 3 is 2.28 bits per heavy atom. The molecular weight excluding hydrogens is 238 g/mol. The van der Waals surface area contributed by atoms with Crippen molar-refractivity contribution >= 4 is 11.9 Å². The lowest BCUT2D eigenvalue weighted by Crippen LogP contribution is -2.43. The number of carboxylic acids is 1. The lowest BCUT2D eigenvalue weighted by Gasteiger charge is -2.29. The highest BCUT2D eigenvalue weighted by atomic mass is 16.5. The Morgan fingerprint density at radius 2 is 1.83 bits per heavy atom. The van der Waals surface area contributed by atoms with Crippen LogP contribution in [0.4, 0.5) is 0 Å². The molecule has 0 radical (unpaired) electrons. The van der Waals surface area contributed by atoms with E-state index in [9.17, 15) is 9.59 Å². The summed E-state index contributed by atoms with van der Waals surface area (Å²) in [6.45, 7) is 6.84. The van der Waals surface area contributed by atoms with Crippen molar-refractivity contribution in [1.82, 2.24) is 0 Å². The number of nitrogens with zero attached hydrogens (tertiary/aromatic N) is 1. The molecule has 0 aromatic rings. The molecule has 0 spiro atoms. The van der Waals surface area contributed by atoms with Gasteiger partial charge in [-0.05, 0) is 6.92 Å². The average Bonchev–Trinajstić information content (AvgIpc) is 2.15. The van der Waals surface area contributed by atoms with Crippen molar-refractivity contribution in [3.8, 4) is 0 Å². The minimum absolute atomic E-state index is 0. The largest absolute Gasteiger partial charge is 0.870 e. The fraction of sp³-hybridized carbons (Fsp3) is 0.667. The second-order valence-corrected chi connectivity index (χ2v) is 4.80. The lowest BCUT2D eigenvalue weighted by atomic mass is 10.3.